The third kappa shape index (κ3) is 4.98. The molecule has 0 bridgehead atoms. The van der Waals surface area contributed by atoms with Gasteiger partial charge in [-0.15, -0.1) is 0 Å². The highest BCUT2D eigenvalue weighted by Gasteiger charge is 2.22. The molecular weight excluding hydrogens is 354 g/mol. The molecule has 6 heteroatoms. The molecule has 148 valence electrons. The molecule has 2 aromatic carbocycles. The third-order valence-corrected chi connectivity index (χ3v) is 4.83. The van der Waals surface area contributed by atoms with Gasteiger partial charge in [0.15, 0.2) is 0 Å². The Kier molecular flexibility index (Phi) is 6.46. The van der Waals surface area contributed by atoms with E-state index >= 15 is 0 Å². The molecule has 3 aromatic rings. The molecule has 1 aromatic heterocycles. The van der Waals surface area contributed by atoms with Crippen molar-refractivity contribution in [1.29, 1.82) is 0 Å². The summed E-state index contributed by atoms with van der Waals surface area (Å²) in [4.78, 5) is 7.62. The van der Waals surface area contributed by atoms with Crippen LogP contribution in [0.5, 0.6) is 11.5 Å². The van der Waals surface area contributed by atoms with Crippen LogP contribution in [0, 0.1) is 0 Å². The number of hydrogen-bond donors (Lipinski definition) is 4. The predicted octanol–water partition coefficient (Wildman–Crippen LogP) is 3.05. The standard InChI is InChI=1S/C22H27N3O3/c1-2-21-24-13-20(25-21)17-5-9-19(10-6-17)28-18-7-3-16(4-8-18)11-12-22(23,14-26)15-27/h3-10,13,26-27H,2,11-12,14-15,23H2,1H3,(H,24,25). The van der Waals surface area contributed by atoms with E-state index in [-0.39, 0.29) is 13.2 Å². The van der Waals surface area contributed by atoms with Crippen LogP contribution in [0.15, 0.2) is 54.7 Å². The molecule has 0 aliphatic heterocycles. The largest absolute Gasteiger partial charge is 0.457 e. The molecule has 0 amide bonds. The second-order valence-corrected chi connectivity index (χ2v) is 7.05. The lowest BCUT2D eigenvalue weighted by Gasteiger charge is -2.24. The summed E-state index contributed by atoms with van der Waals surface area (Å²) in [5.74, 6) is 2.48. The number of aromatic nitrogens is 2. The molecular formula is C22H27N3O3. The van der Waals surface area contributed by atoms with Gasteiger partial charge in [0, 0.05) is 6.42 Å². The minimum absolute atomic E-state index is 0.237. The summed E-state index contributed by atoms with van der Waals surface area (Å²) in [6.45, 7) is 1.59. The SMILES string of the molecule is CCc1ncc(-c2ccc(Oc3ccc(CCC(N)(CO)CO)cc3)cc2)[nH]1. The quantitative estimate of drug-likeness (QED) is 0.456. The molecule has 28 heavy (non-hydrogen) atoms. The van der Waals surface area contributed by atoms with Crippen molar-refractivity contribution >= 4 is 0 Å². The van der Waals surface area contributed by atoms with E-state index in [1.54, 1.807) is 0 Å². The summed E-state index contributed by atoms with van der Waals surface area (Å²) in [5, 5.41) is 18.5. The van der Waals surface area contributed by atoms with Gasteiger partial charge in [-0.1, -0.05) is 19.1 Å². The van der Waals surface area contributed by atoms with Crippen molar-refractivity contribution in [1.82, 2.24) is 9.97 Å². The predicted molar refractivity (Wildman–Crippen MR) is 109 cm³/mol. The van der Waals surface area contributed by atoms with Crippen LogP contribution in [0.4, 0.5) is 0 Å². The number of ether oxygens (including phenoxy) is 1. The molecule has 0 spiro atoms. The van der Waals surface area contributed by atoms with E-state index in [9.17, 15) is 10.2 Å². The smallest absolute Gasteiger partial charge is 0.127 e. The zero-order valence-corrected chi connectivity index (χ0v) is 16.1. The van der Waals surface area contributed by atoms with Crippen molar-refractivity contribution in [2.24, 2.45) is 5.73 Å². The number of imidazole rings is 1. The molecule has 0 atom stereocenters. The van der Waals surface area contributed by atoms with Gasteiger partial charge in [-0.3, -0.25) is 0 Å². The molecule has 0 saturated carbocycles. The second-order valence-electron chi connectivity index (χ2n) is 7.05. The fraction of sp³-hybridized carbons (Fsp3) is 0.318. The topological polar surface area (TPSA) is 104 Å². The Bertz CT molecular complexity index is 869. The summed E-state index contributed by atoms with van der Waals surface area (Å²) in [6, 6.07) is 15.6. The molecule has 0 radical (unpaired) electrons. The first-order chi connectivity index (χ1) is 13.5. The number of rotatable bonds is 9. The highest BCUT2D eigenvalue weighted by molar-refractivity contribution is 5.59. The lowest BCUT2D eigenvalue weighted by atomic mass is 9.94. The Morgan fingerprint density at radius 3 is 2.14 bits per heavy atom. The molecule has 0 aliphatic carbocycles. The van der Waals surface area contributed by atoms with Crippen molar-refractivity contribution < 1.29 is 14.9 Å². The van der Waals surface area contributed by atoms with Crippen molar-refractivity contribution in [3.8, 4) is 22.8 Å². The van der Waals surface area contributed by atoms with E-state index < -0.39 is 5.54 Å². The second kappa shape index (κ2) is 9.01. The average molecular weight is 381 g/mol. The number of H-pyrrole nitrogens is 1. The number of nitrogens with two attached hydrogens (primary N) is 1. The number of aryl methyl sites for hydroxylation is 2. The van der Waals surface area contributed by atoms with Gasteiger partial charge in [0.1, 0.15) is 17.3 Å². The van der Waals surface area contributed by atoms with Crippen molar-refractivity contribution in [3.05, 3.63) is 66.1 Å². The van der Waals surface area contributed by atoms with Crippen LogP contribution in [0.1, 0.15) is 24.7 Å². The first-order valence-corrected chi connectivity index (χ1v) is 9.47. The Balaban J connectivity index is 1.59. The summed E-state index contributed by atoms with van der Waals surface area (Å²) in [5.41, 5.74) is 8.10. The first kappa shape index (κ1) is 20.1. The highest BCUT2D eigenvalue weighted by atomic mass is 16.5. The van der Waals surface area contributed by atoms with E-state index in [2.05, 4.69) is 16.9 Å². The van der Waals surface area contributed by atoms with Crippen LogP contribution in [0.3, 0.4) is 0 Å². The van der Waals surface area contributed by atoms with Gasteiger partial charge >= 0.3 is 0 Å². The van der Waals surface area contributed by atoms with Gasteiger partial charge in [0.05, 0.1) is 30.6 Å². The minimum Gasteiger partial charge on any atom is -0.457 e. The summed E-state index contributed by atoms with van der Waals surface area (Å²) < 4.78 is 5.91. The third-order valence-electron chi connectivity index (χ3n) is 4.83. The first-order valence-electron chi connectivity index (χ1n) is 9.47. The minimum atomic E-state index is -0.941. The van der Waals surface area contributed by atoms with Gasteiger partial charge < -0.3 is 25.7 Å². The molecule has 0 fully saturated rings. The van der Waals surface area contributed by atoms with E-state index in [0.29, 0.717) is 12.8 Å². The van der Waals surface area contributed by atoms with E-state index in [1.807, 2.05) is 54.7 Å². The lowest BCUT2D eigenvalue weighted by Crippen LogP contribution is -2.47. The van der Waals surface area contributed by atoms with Gasteiger partial charge in [-0.05, 0) is 60.4 Å². The van der Waals surface area contributed by atoms with Crippen molar-refractivity contribution in [2.45, 2.75) is 31.7 Å². The maximum atomic E-state index is 9.27. The molecule has 0 aliphatic rings. The fourth-order valence-electron chi connectivity index (χ4n) is 2.85. The molecule has 5 N–H and O–H groups in total. The summed E-state index contributed by atoms with van der Waals surface area (Å²) in [6.07, 6.45) is 3.91. The lowest BCUT2D eigenvalue weighted by molar-refractivity contribution is 0.115. The number of aliphatic hydroxyl groups is 2. The zero-order chi connectivity index (χ0) is 20.0. The monoisotopic (exact) mass is 381 g/mol. The number of aliphatic hydroxyl groups excluding tert-OH is 2. The van der Waals surface area contributed by atoms with Gasteiger partial charge in [0.2, 0.25) is 0 Å². The Morgan fingerprint density at radius 2 is 1.61 bits per heavy atom. The van der Waals surface area contributed by atoms with E-state index in [0.717, 1.165) is 40.6 Å². The normalized spacial score (nSPS) is 11.6. The van der Waals surface area contributed by atoms with Crippen LogP contribution < -0.4 is 10.5 Å². The maximum Gasteiger partial charge on any atom is 0.127 e. The van der Waals surface area contributed by atoms with Crippen LogP contribution in [-0.4, -0.2) is 38.9 Å². The summed E-state index contributed by atoms with van der Waals surface area (Å²) >= 11 is 0. The number of aromatic amines is 1. The van der Waals surface area contributed by atoms with Crippen molar-refractivity contribution in [2.75, 3.05) is 13.2 Å². The number of nitrogens with zero attached hydrogens (tertiary/aromatic N) is 1. The number of benzene rings is 2. The Hall–Kier alpha value is -2.67. The fourth-order valence-corrected chi connectivity index (χ4v) is 2.85. The van der Waals surface area contributed by atoms with Gasteiger partial charge in [-0.2, -0.15) is 0 Å². The molecule has 3 rings (SSSR count). The zero-order valence-electron chi connectivity index (χ0n) is 16.1. The van der Waals surface area contributed by atoms with Gasteiger partial charge in [-0.25, -0.2) is 4.98 Å². The Morgan fingerprint density at radius 1 is 1.00 bits per heavy atom. The molecule has 1 heterocycles. The number of nitrogens with one attached hydrogen (secondary N) is 1. The van der Waals surface area contributed by atoms with E-state index in [4.69, 9.17) is 10.5 Å². The highest BCUT2D eigenvalue weighted by Crippen LogP contribution is 2.26. The maximum absolute atomic E-state index is 9.27. The molecule has 0 saturated heterocycles. The van der Waals surface area contributed by atoms with Gasteiger partial charge in [0.25, 0.3) is 0 Å². The van der Waals surface area contributed by atoms with Crippen LogP contribution >= 0.6 is 0 Å². The summed E-state index contributed by atoms with van der Waals surface area (Å²) in [7, 11) is 0. The van der Waals surface area contributed by atoms with E-state index in [1.165, 1.54) is 0 Å². The van der Waals surface area contributed by atoms with Crippen LogP contribution in [0.2, 0.25) is 0 Å². The molecule has 0 unspecified atom stereocenters. The van der Waals surface area contributed by atoms with Crippen molar-refractivity contribution in [3.63, 3.8) is 0 Å². The Labute approximate surface area is 165 Å². The van der Waals surface area contributed by atoms with Crippen LogP contribution in [0.25, 0.3) is 11.3 Å². The van der Waals surface area contributed by atoms with Crippen LogP contribution in [-0.2, 0) is 12.8 Å². The number of hydrogen-bond acceptors (Lipinski definition) is 5. The average Bonchev–Trinajstić information content (AvgIpc) is 3.23. The molecule has 6 nitrogen and oxygen atoms in total.